The molecule has 1 saturated heterocycles. The largest absolute Gasteiger partial charge is 0.377 e. The van der Waals surface area contributed by atoms with Gasteiger partial charge in [0.2, 0.25) is 5.91 Å². The number of nitrogens with one attached hydrogen (secondary N) is 1. The number of primary amides is 1. The standard InChI is InChI=1S/C13H22N4O3/c1-19-9-12-6-10(16-20-12)7-17(8-13(14)18)11-2-4-15-5-3-11/h6,11,15H,2-5,7-9H2,1H3,(H2,14,18). The summed E-state index contributed by atoms with van der Waals surface area (Å²) in [6.07, 6.45) is 2.02. The number of hydrogen-bond donors (Lipinski definition) is 2. The predicted octanol–water partition coefficient (Wildman–Crippen LogP) is -0.140. The van der Waals surface area contributed by atoms with Crippen LogP contribution in [0.2, 0.25) is 0 Å². The lowest BCUT2D eigenvalue weighted by molar-refractivity contribution is -0.120. The Morgan fingerprint density at radius 1 is 1.60 bits per heavy atom. The van der Waals surface area contributed by atoms with Crippen molar-refractivity contribution in [1.82, 2.24) is 15.4 Å². The zero-order chi connectivity index (χ0) is 14.4. The van der Waals surface area contributed by atoms with E-state index in [4.69, 9.17) is 15.0 Å². The first kappa shape index (κ1) is 15.0. The molecule has 2 rings (SSSR count). The molecular weight excluding hydrogens is 260 g/mol. The molecule has 3 N–H and O–H groups in total. The van der Waals surface area contributed by atoms with E-state index in [1.165, 1.54) is 0 Å². The van der Waals surface area contributed by atoms with Gasteiger partial charge in [0.15, 0.2) is 5.76 Å². The van der Waals surface area contributed by atoms with Crippen LogP contribution in [0, 0.1) is 0 Å². The van der Waals surface area contributed by atoms with Gasteiger partial charge < -0.3 is 20.3 Å². The molecule has 1 aromatic heterocycles. The third-order valence-electron chi connectivity index (χ3n) is 3.44. The number of carbonyl (C=O) groups excluding carboxylic acids is 1. The van der Waals surface area contributed by atoms with E-state index >= 15 is 0 Å². The predicted molar refractivity (Wildman–Crippen MR) is 72.7 cm³/mol. The van der Waals surface area contributed by atoms with Gasteiger partial charge in [0.1, 0.15) is 6.61 Å². The van der Waals surface area contributed by atoms with E-state index in [1.54, 1.807) is 7.11 Å². The van der Waals surface area contributed by atoms with Crippen molar-refractivity contribution in [2.24, 2.45) is 5.73 Å². The Morgan fingerprint density at radius 3 is 3.00 bits per heavy atom. The molecule has 0 saturated carbocycles. The van der Waals surface area contributed by atoms with E-state index in [0.29, 0.717) is 25.0 Å². The maximum Gasteiger partial charge on any atom is 0.231 e. The molecule has 0 spiro atoms. The average Bonchev–Trinajstić information content (AvgIpc) is 2.86. The second kappa shape index (κ2) is 7.37. The van der Waals surface area contributed by atoms with Crippen LogP contribution in [0.25, 0.3) is 0 Å². The molecule has 0 aromatic carbocycles. The van der Waals surface area contributed by atoms with Crippen molar-refractivity contribution in [2.75, 3.05) is 26.7 Å². The molecule has 1 aliphatic heterocycles. The zero-order valence-electron chi connectivity index (χ0n) is 11.8. The van der Waals surface area contributed by atoms with E-state index in [1.807, 2.05) is 6.07 Å². The molecule has 0 atom stereocenters. The maximum atomic E-state index is 11.3. The molecule has 7 nitrogen and oxygen atoms in total. The van der Waals surface area contributed by atoms with Crippen molar-refractivity contribution < 1.29 is 14.1 Å². The summed E-state index contributed by atoms with van der Waals surface area (Å²) >= 11 is 0. The minimum Gasteiger partial charge on any atom is -0.377 e. The first-order valence-electron chi connectivity index (χ1n) is 6.85. The fourth-order valence-corrected chi connectivity index (χ4v) is 2.53. The Balaban J connectivity index is 1.99. The molecule has 0 aliphatic carbocycles. The van der Waals surface area contributed by atoms with Crippen molar-refractivity contribution in [3.63, 3.8) is 0 Å². The smallest absolute Gasteiger partial charge is 0.231 e. The molecule has 1 amide bonds. The molecule has 20 heavy (non-hydrogen) atoms. The highest BCUT2D eigenvalue weighted by Crippen LogP contribution is 2.15. The van der Waals surface area contributed by atoms with Crippen molar-refractivity contribution in [3.8, 4) is 0 Å². The van der Waals surface area contributed by atoms with Crippen LogP contribution in [-0.2, 0) is 22.7 Å². The number of hydrogen-bond acceptors (Lipinski definition) is 6. The Morgan fingerprint density at radius 2 is 2.35 bits per heavy atom. The summed E-state index contributed by atoms with van der Waals surface area (Å²) in [4.78, 5) is 13.3. The number of methoxy groups -OCH3 is 1. The van der Waals surface area contributed by atoms with Crippen molar-refractivity contribution in [3.05, 3.63) is 17.5 Å². The summed E-state index contributed by atoms with van der Waals surface area (Å²) in [7, 11) is 1.61. The molecule has 2 heterocycles. The lowest BCUT2D eigenvalue weighted by atomic mass is 10.0. The summed E-state index contributed by atoms with van der Waals surface area (Å²) in [5.41, 5.74) is 6.15. The number of nitrogens with two attached hydrogens (primary N) is 1. The van der Waals surface area contributed by atoms with E-state index in [-0.39, 0.29) is 12.5 Å². The van der Waals surface area contributed by atoms with E-state index in [2.05, 4.69) is 15.4 Å². The van der Waals surface area contributed by atoms with Crippen LogP contribution in [-0.4, -0.2) is 48.7 Å². The lowest BCUT2D eigenvalue weighted by Crippen LogP contribution is -2.46. The van der Waals surface area contributed by atoms with Gasteiger partial charge >= 0.3 is 0 Å². The normalized spacial score (nSPS) is 16.7. The topological polar surface area (TPSA) is 93.6 Å². The van der Waals surface area contributed by atoms with Crippen LogP contribution < -0.4 is 11.1 Å². The molecule has 1 fully saturated rings. The number of piperidine rings is 1. The number of amides is 1. The van der Waals surface area contributed by atoms with Crippen LogP contribution in [0.3, 0.4) is 0 Å². The Labute approximate surface area is 118 Å². The van der Waals surface area contributed by atoms with Gasteiger partial charge in [-0.1, -0.05) is 5.16 Å². The zero-order valence-corrected chi connectivity index (χ0v) is 11.8. The minimum absolute atomic E-state index is 0.247. The number of ether oxygens (including phenoxy) is 1. The highest BCUT2D eigenvalue weighted by molar-refractivity contribution is 5.75. The Bertz CT molecular complexity index is 429. The number of nitrogens with zero attached hydrogens (tertiary/aromatic N) is 2. The number of carbonyl (C=O) groups is 1. The van der Waals surface area contributed by atoms with Gasteiger partial charge in [-0.05, 0) is 25.9 Å². The second-order valence-corrected chi connectivity index (χ2v) is 5.07. The van der Waals surface area contributed by atoms with Crippen LogP contribution in [0.5, 0.6) is 0 Å². The highest BCUT2D eigenvalue weighted by Gasteiger charge is 2.23. The van der Waals surface area contributed by atoms with Gasteiger partial charge in [0.05, 0.1) is 12.2 Å². The molecular formula is C13H22N4O3. The summed E-state index contributed by atoms with van der Waals surface area (Å²) < 4.78 is 10.2. The van der Waals surface area contributed by atoms with Gasteiger partial charge in [-0.2, -0.15) is 0 Å². The van der Waals surface area contributed by atoms with E-state index in [9.17, 15) is 4.79 Å². The molecule has 0 unspecified atom stereocenters. The van der Waals surface area contributed by atoms with Crippen molar-refractivity contribution in [1.29, 1.82) is 0 Å². The second-order valence-electron chi connectivity index (χ2n) is 5.07. The molecule has 0 radical (unpaired) electrons. The van der Waals surface area contributed by atoms with Crippen LogP contribution >= 0.6 is 0 Å². The molecule has 1 aliphatic rings. The average molecular weight is 282 g/mol. The van der Waals surface area contributed by atoms with Gasteiger partial charge in [0, 0.05) is 25.8 Å². The number of aromatic nitrogens is 1. The van der Waals surface area contributed by atoms with Gasteiger partial charge in [-0.25, -0.2) is 0 Å². The van der Waals surface area contributed by atoms with Crippen LogP contribution in [0.4, 0.5) is 0 Å². The van der Waals surface area contributed by atoms with Gasteiger partial charge in [-0.3, -0.25) is 9.69 Å². The summed E-state index contributed by atoms with van der Waals surface area (Å²) in [6, 6.07) is 2.21. The number of rotatable bonds is 7. The van der Waals surface area contributed by atoms with E-state index in [0.717, 1.165) is 31.6 Å². The van der Waals surface area contributed by atoms with E-state index < -0.39 is 0 Å². The van der Waals surface area contributed by atoms with Gasteiger partial charge in [0.25, 0.3) is 0 Å². The maximum absolute atomic E-state index is 11.3. The molecule has 112 valence electrons. The first-order chi connectivity index (χ1) is 9.69. The summed E-state index contributed by atoms with van der Waals surface area (Å²) in [6.45, 7) is 3.15. The fraction of sp³-hybridized carbons (Fsp3) is 0.692. The Kier molecular flexibility index (Phi) is 5.51. The highest BCUT2D eigenvalue weighted by atomic mass is 16.5. The third-order valence-corrected chi connectivity index (χ3v) is 3.44. The van der Waals surface area contributed by atoms with Crippen molar-refractivity contribution in [2.45, 2.75) is 32.0 Å². The van der Waals surface area contributed by atoms with Gasteiger partial charge in [-0.15, -0.1) is 0 Å². The quantitative estimate of drug-likeness (QED) is 0.723. The fourth-order valence-electron chi connectivity index (χ4n) is 2.53. The lowest BCUT2D eigenvalue weighted by Gasteiger charge is -2.33. The van der Waals surface area contributed by atoms with Crippen LogP contribution in [0.1, 0.15) is 24.3 Å². The third kappa shape index (κ3) is 4.29. The van der Waals surface area contributed by atoms with Crippen LogP contribution in [0.15, 0.2) is 10.6 Å². The Hall–Kier alpha value is -1.44. The SMILES string of the molecule is COCc1cc(CN(CC(N)=O)C2CCNCC2)no1. The molecule has 1 aromatic rings. The summed E-state index contributed by atoms with van der Waals surface area (Å²) in [5.74, 6) is 0.371. The first-order valence-corrected chi connectivity index (χ1v) is 6.85. The molecule has 0 bridgehead atoms. The summed E-state index contributed by atoms with van der Waals surface area (Å²) in [5, 5.41) is 7.33. The minimum atomic E-state index is -0.316. The van der Waals surface area contributed by atoms with Crippen molar-refractivity contribution >= 4 is 5.91 Å². The monoisotopic (exact) mass is 282 g/mol. The molecule has 7 heteroatoms.